The van der Waals surface area contributed by atoms with Crippen LogP contribution in [0.5, 0.6) is 11.5 Å². The van der Waals surface area contributed by atoms with Gasteiger partial charge >= 0.3 is 0 Å². The molecule has 0 spiro atoms. The van der Waals surface area contributed by atoms with Crippen LogP contribution in [-0.2, 0) is 22.6 Å². The molecule has 3 aromatic carbocycles. The van der Waals surface area contributed by atoms with Gasteiger partial charge in [0, 0.05) is 30.6 Å². The highest BCUT2D eigenvalue weighted by atomic mass is 35.5. The number of halogens is 1. The number of aromatic hydroxyl groups is 1. The maximum absolute atomic E-state index is 13.4. The Bertz CT molecular complexity index is 1380. The maximum Gasteiger partial charge on any atom is 0.186 e. The standard InChI is InChI=1S/C24H21ClN2O4S/c1-27-11-10-26-24(27)18-13-20(25)23(28)22(14-18)32(29,30)15-19-12-17(8-9-21(19)31-2)16-6-4-3-5-7-16/h3-14,28H,15H2,1-2H3. The quantitative estimate of drug-likeness (QED) is 0.426. The number of hydrogen-bond acceptors (Lipinski definition) is 5. The van der Waals surface area contributed by atoms with Crippen LogP contribution in [0.1, 0.15) is 5.56 Å². The van der Waals surface area contributed by atoms with Gasteiger partial charge in [-0.1, -0.05) is 48.0 Å². The van der Waals surface area contributed by atoms with Crippen LogP contribution in [-0.4, -0.2) is 30.2 Å². The molecular formula is C24H21ClN2O4S. The fraction of sp³-hybridized carbons (Fsp3) is 0.125. The van der Waals surface area contributed by atoms with Crippen molar-refractivity contribution in [1.82, 2.24) is 9.55 Å². The number of hydrogen-bond donors (Lipinski definition) is 1. The normalized spacial score (nSPS) is 11.5. The van der Waals surface area contributed by atoms with Gasteiger partial charge in [0.25, 0.3) is 0 Å². The molecule has 0 amide bonds. The van der Waals surface area contributed by atoms with E-state index in [1.54, 1.807) is 36.1 Å². The van der Waals surface area contributed by atoms with E-state index in [9.17, 15) is 13.5 Å². The van der Waals surface area contributed by atoms with Gasteiger partial charge in [-0.3, -0.25) is 0 Å². The highest BCUT2D eigenvalue weighted by Crippen LogP contribution is 2.38. The summed E-state index contributed by atoms with van der Waals surface area (Å²) in [6.45, 7) is 0. The number of ether oxygens (including phenoxy) is 1. The Morgan fingerprint density at radius 3 is 2.44 bits per heavy atom. The molecule has 8 heteroatoms. The smallest absolute Gasteiger partial charge is 0.186 e. The summed E-state index contributed by atoms with van der Waals surface area (Å²) in [6.07, 6.45) is 3.34. The highest BCUT2D eigenvalue weighted by molar-refractivity contribution is 7.90. The molecule has 4 rings (SSSR count). The lowest BCUT2D eigenvalue weighted by Gasteiger charge is -2.14. The van der Waals surface area contributed by atoms with Crippen LogP contribution in [0.4, 0.5) is 0 Å². The summed E-state index contributed by atoms with van der Waals surface area (Å²) in [4.78, 5) is 3.99. The zero-order chi connectivity index (χ0) is 22.9. The maximum atomic E-state index is 13.4. The molecule has 0 fully saturated rings. The third-order valence-electron chi connectivity index (χ3n) is 5.18. The average molecular weight is 469 g/mol. The molecule has 0 saturated carbocycles. The van der Waals surface area contributed by atoms with Crippen molar-refractivity contribution in [2.24, 2.45) is 7.05 Å². The second-order valence-electron chi connectivity index (χ2n) is 7.32. The first-order valence-electron chi connectivity index (χ1n) is 9.75. The van der Waals surface area contributed by atoms with Crippen LogP contribution < -0.4 is 4.74 Å². The molecule has 0 unspecified atom stereocenters. The SMILES string of the molecule is COc1ccc(-c2ccccc2)cc1CS(=O)(=O)c1cc(-c2nccn2C)cc(Cl)c1O. The molecule has 4 aromatic rings. The number of methoxy groups -OCH3 is 1. The Morgan fingerprint density at radius 1 is 1.03 bits per heavy atom. The van der Waals surface area contributed by atoms with Gasteiger partial charge in [-0.15, -0.1) is 0 Å². The summed E-state index contributed by atoms with van der Waals surface area (Å²) >= 11 is 6.18. The summed E-state index contributed by atoms with van der Waals surface area (Å²) < 4.78 is 33.9. The zero-order valence-corrected chi connectivity index (χ0v) is 19.1. The van der Waals surface area contributed by atoms with Crippen molar-refractivity contribution >= 4 is 21.4 Å². The van der Waals surface area contributed by atoms with E-state index in [1.807, 2.05) is 36.4 Å². The van der Waals surface area contributed by atoms with E-state index in [0.717, 1.165) is 11.1 Å². The predicted molar refractivity (Wildman–Crippen MR) is 125 cm³/mol. The fourth-order valence-electron chi connectivity index (χ4n) is 3.57. The Kier molecular flexibility index (Phi) is 5.95. The molecule has 1 aromatic heterocycles. The molecular weight excluding hydrogens is 448 g/mol. The zero-order valence-electron chi connectivity index (χ0n) is 17.5. The summed E-state index contributed by atoms with van der Waals surface area (Å²) in [5, 5.41) is 10.4. The first-order chi connectivity index (χ1) is 15.3. The second-order valence-corrected chi connectivity index (χ2v) is 9.68. The molecule has 0 aliphatic carbocycles. The van der Waals surface area contributed by atoms with Gasteiger partial charge < -0.3 is 14.4 Å². The van der Waals surface area contributed by atoms with Crippen molar-refractivity contribution in [3.05, 3.63) is 83.6 Å². The molecule has 0 atom stereocenters. The van der Waals surface area contributed by atoms with Crippen molar-refractivity contribution < 1.29 is 18.3 Å². The van der Waals surface area contributed by atoms with Crippen LogP contribution in [0, 0.1) is 0 Å². The molecule has 0 aliphatic rings. The fourth-order valence-corrected chi connectivity index (χ4v) is 5.34. The lowest BCUT2D eigenvalue weighted by molar-refractivity contribution is 0.411. The van der Waals surface area contributed by atoms with Crippen molar-refractivity contribution in [1.29, 1.82) is 0 Å². The largest absolute Gasteiger partial charge is 0.505 e. The summed E-state index contributed by atoms with van der Waals surface area (Å²) in [5.74, 6) is 0.124. The molecule has 1 heterocycles. The number of nitrogens with zero attached hydrogens (tertiary/aromatic N) is 2. The molecule has 0 aliphatic heterocycles. The molecule has 32 heavy (non-hydrogen) atoms. The van der Waals surface area contributed by atoms with Gasteiger partial charge in [0.15, 0.2) is 15.6 Å². The monoisotopic (exact) mass is 468 g/mol. The first-order valence-corrected chi connectivity index (χ1v) is 11.8. The van der Waals surface area contributed by atoms with Crippen molar-refractivity contribution in [2.45, 2.75) is 10.6 Å². The van der Waals surface area contributed by atoms with E-state index in [-0.39, 0.29) is 15.7 Å². The molecule has 0 saturated heterocycles. The second kappa shape index (κ2) is 8.68. The van der Waals surface area contributed by atoms with Gasteiger partial charge in [-0.2, -0.15) is 0 Å². The molecule has 164 valence electrons. The molecule has 0 bridgehead atoms. The Labute approximate surface area is 191 Å². The molecule has 0 radical (unpaired) electrons. The third-order valence-corrected chi connectivity index (χ3v) is 7.14. The minimum absolute atomic E-state index is 0.0610. The Balaban J connectivity index is 1.79. The lowest BCUT2D eigenvalue weighted by atomic mass is 10.0. The minimum Gasteiger partial charge on any atom is -0.505 e. The number of rotatable bonds is 6. The topological polar surface area (TPSA) is 81.4 Å². The number of aromatic nitrogens is 2. The molecule has 6 nitrogen and oxygen atoms in total. The summed E-state index contributed by atoms with van der Waals surface area (Å²) in [6, 6.07) is 17.9. The molecule has 1 N–H and O–H groups in total. The summed E-state index contributed by atoms with van der Waals surface area (Å²) in [5.41, 5.74) is 2.78. The van der Waals surface area contributed by atoms with E-state index in [0.29, 0.717) is 22.7 Å². The van der Waals surface area contributed by atoms with E-state index in [4.69, 9.17) is 16.3 Å². The van der Waals surface area contributed by atoms with Gasteiger partial charge in [0.05, 0.1) is 17.9 Å². The van der Waals surface area contributed by atoms with Crippen molar-refractivity contribution in [3.63, 3.8) is 0 Å². The van der Waals surface area contributed by atoms with Crippen LogP contribution >= 0.6 is 11.6 Å². The number of phenolic OH excluding ortho intramolecular Hbond substituents is 1. The van der Waals surface area contributed by atoms with E-state index in [2.05, 4.69) is 4.98 Å². The van der Waals surface area contributed by atoms with E-state index < -0.39 is 15.6 Å². The van der Waals surface area contributed by atoms with Crippen molar-refractivity contribution in [3.8, 4) is 34.0 Å². The predicted octanol–water partition coefficient (Wildman–Crippen LogP) is 5.10. The van der Waals surface area contributed by atoms with Gasteiger partial charge in [-0.25, -0.2) is 13.4 Å². The van der Waals surface area contributed by atoms with Gasteiger partial charge in [-0.05, 0) is 35.4 Å². The van der Waals surface area contributed by atoms with Crippen molar-refractivity contribution in [2.75, 3.05) is 7.11 Å². The number of aryl methyl sites for hydroxylation is 1. The number of phenols is 1. The minimum atomic E-state index is -3.98. The summed E-state index contributed by atoms with van der Waals surface area (Å²) in [7, 11) is -0.697. The Hall–Kier alpha value is -3.29. The van der Waals surface area contributed by atoms with Crippen LogP contribution in [0.3, 0.4) is 0 Å². The first kappa shape index (κ1) is 21.9. The Morgan fingerprint density at radius 2 is 1.78 bits per heavy atom. The number of imidazole rings is 1. The van der Waals surface area contributed by atoms with E-state index in [1.165, 1.54) is 19.2 Å². The van der Waals surface area contributed by atoms with Gasteiger partial charge in [0.2, 0.25) is 0 Å². The number of benzene rings is 3. The van der Waals surface area contributed by atoms with Crippen LogP contribution in [0.15, 0.2) is 78.0 Å². The van der Waals surface area contributed by atoms with Crippen LogP contribution in [0.2, 0.25) is 5.02 Å². The average Bonchev–Trinajstić information content (AvgIpc) is 3.21. The third kappa shape index (κ3) is 4.22. The lowest BCUT2D eigenvalue weighted by Crippen LogP contribution is -2.08. The van der Waals surface area contributed by atoms with Crippen LogP contribution in [0.25, 0.3) is 22.5 Å². The number of sulfone groups is 1. The van der Waals surface area contributed by atoms with Gasteiger partial charge in [0.1, 0.15) is 16.5 Å². The highest BCUT2D eigenvalue weighted by Gasteiger charge is 2.25. The van der Waals surface area contributed by atoms with E-state index >= 15 is 0 Å².